The van der Waals surface area contributed by atoms with Crippen molar-refractivity contribution in [1.82, 2.24) is 20.4 Å². The van der Waals surface area contributed by atoms with Crippen molar-refractivity contribution >= 4 is 23.3 Å². The summed E-state index contributed by atoms with van der Waals surface area (Å²) in [6.07, 6.45) is 1.67. The number of hydrogen-bond donors (Lipinski definition) is 2. The summed E-state index contributed by atoms with van der Waals surface area (Å²) in [5.41, 5.74) is 3.76. The second-order valence-electron chi connectivity index (χ2n) is 5.14. The highest BCUT2D eigenvalue weighted by molar-refractivity contribution is 6.33. The molecule has 2 heterocycles. The van der Waals surface area contributed by atoms with E-state index in [4.69, 9.17) is 11.6 Å². The topological polar surface area (TPSA) is 83.6 Å². The maximum Gasteiger partial charge on any atom is 0.276 e. The molecule has 0 aliphatic heterocycles. The zero-order valence-corrected chi connectivity index (χ0v) is 13.3. The third-order valence-electron chi connectivity index (χ3n) is 3.39. The van der Waals surface area contributed by atoms with Gasteiger partial charge < -0.3 is 5.32 Å². The van der Waals surface area contributed by atoms with Crippen molar-refractivity contribution in [3.05, 3.63) is 58.5 Å². The Morgan fingerprint density at radius 2 is 2.04 bits per heavy atom. The van der Waals surface area contributed by atoms with E-state index in [-0.39, 0.29) is 5.91 Å². The highest BCUT2D eigenvalue weighted by Crippen LogP contribution is 2.28. The van der Waals surface area contributed by atoms with Gasteiger partial charge in [-0.05, 0) is 38.1 Å². The first-order valence-electron chi connectivity index (χ1n) is 6.96. The smallest absolute Gasteiger partial charge is 0.276 e. The number of aryl methyl sites for hydroxylation is 2. The Morgan fingerprint density at radius 3 is 2.70 bits per heavy atom. The largest absolute Gasteiger partial charge is 0.305 e. The number of nitrogens with one attached hydrogen (secondary N) is 2. The first-order valence-corrected chi connectivity index (χ1v) is 7.34. The summed E-state index contributed by atoms with van der Waals surface area (Å²) in [7, 11) is 0. The number of hydrogen-bond acceptors (Lipinski definition) is 4. The molecule has 0 radical (unpaired) electrons. The van der Waals surface area contributed by atoms with Crippen LogP contribution in [-0.4, -0.2) is 26.3 Å². The van der Waals surface area contributed by atoms with Crippen molar-refractivity contribution in [2.24, 2.45) is 0 Å². The molecular formula is C16H14ClN5O. The van der Waals surface area contributed by atoms with E-state index in [1.807, 2.05) is 31.2 Å². The van der Waals surface area contributed by atoms with Crippen LogP contribution in [0.4, 0.5) is 5.82 Å². The van der Waals surface area contributed by atoms with Gasteiger partial charge in [0.2, 0.25) is 0 Å². The number of benzene rings is 1. The predicted octanol–water partition coefficient (Wildman–Crippen LogP) is 3.39. The van der Waals surface area contributed by atoms with Gasteiger partial charge in [-0.15, -0.1) is 5.10 Å². The number of H-pyrrole nitrogens is 1. The maximum absolute atomic E-state index is 12.1. The number of nitrogens with zero attached hydrogens (tertiary/aromatic N) is 3. The summed E-state index contributed by atoms with van der Waals surface area (Å²) in [5, 5.41) is 13.2. The number of aromatic nitrogens is 4. The predicted molar refractivity (Wildman–Crippen MR) is 88.5 cm³/mol. The van der Waals surface area contributed by atoms with Gasteiger partial charge in [0, 0.05) is 22.3 Å². The van der Waals surface area contributed by atoms with Gasteiger partial charge in [0.05, 0.1) is 5.69 Å². The zero-order chi connectivity index (χ0) is 16.4. The van der Waals surface area contributed by atoms with Crippen molar-refractivity contribution in [2.45, 2.75) is 13.8 Å². The zero-order valence-electron chi connectivity index (χ0n) is 12.6. The highest BCUT2D eigenvalue weighted by Gasteiger charge is 2.13. The van der Waals surface area contributed by atoms with Crippen LogP contribution >= 0.6 is 11.6 Å². The van der Waals surface area contributed by atoms with Crippen LogP contribution in [0.3, 0.4) is 0 Å². The van der Waals surface area contributed by atoms with E-state index in [0.29, 0.717) is 22.2 Å². The molecule has 0 aliphatic carbocycles. The fourth-order valence-corrected chi connectivity index (χ4v) is 2.39. The van der Waals surface area contributed by atoms with Crippen LogP contribution < -0.4 is 5.32 Å². The van der Waals surface area contributed by atoms with Gasteiger partial charge in [0.1, 0.15) is 11.5 Å². The van der Waals surface area contributed by atoms with Crippen molar-refractivity contribution < 1.29 is 4.79 Å². The van der Waals surface area contributed by atoms with E-state index in [1.54, 1.807) is 19.2 Å². The second-order valence-corrected chi connectivity index (χ2v) is 5.55. The van der Waals surface area contributed by atoms with Gasteiger partial charge in [-0.25, -0.2) is 4.98 Å². The van der Waals surface area contributed by atoms with E-state index in [2.05, 4.69) is 25.7 Å². The molecule has 3 aromatic rings. The molecule has 116 valence electrons. The number of carbonyl (C=O) groups is 1. The summed E-state index contributed by atoms with van der Waals surface area (Å²) in [4.78, 5) is 16.3. The van der Waals surface area contributed by atoms with Crippen molar-refractivity contribution in [2.75, 3.05) is 5.32 Å². The summed E-state index contributed by atoms with van der Waals surface area (Å²) in [6.45, 7) is 3.71. The molecule has 1 amide bonds. The molecule has 0 aliphatic rings. The van der Waals surface area contributed by atoms with Crippen LogP contribution in [0.25, 0.3) is 11.1 Å². The molecule has 0 bridgehead atoms. The van der Waals surface area contributed by atoms with E-state index in [1.165, 1.54) is 0 Å². The Bertz CT molecular complexity index is 857. The fraction of sp³-hybridized carbons (Fsp3) is 0.125. The lowest BCUT2D eigenvalue weighted by Gasteiger charge is -2.07. The van der Waals surface area contributed by atoms with E-state index >= 15 is 0 Å². The van der Waals surface area contributed by atoms with Crippen LogP contribution in [-0.2, 0) is 0 Å². The number of carbonyl (C=O) groups excluding carboxylic acids is 1. The number of aromatic amines is 1. The molecule has 0 spiro atoms. The van der Waals surface area contributed by atoms with E-state index < -0.39 is 0 Å². The average molecular weight is 328 g/mol. The Kier molecular flexibility index (Phi) is 4.08. The molecular weight excluding hydrogens is 314 g/mol. The lowest BCUT2D eigenvalue weighted by atomic mass is 10.1. The van der Waals surface area contributed by atoms with Gasteiger partial charge in [-0.3, -0.25) is 9.89 Å². The second kappa shape index (κ2) is 6.18. The molecule has 6 nitrogen and oxygen atoms in total. The van der Waals surface area contributed by atoms with Crippen LogP contribution in [0.1, 0.15) is 21.7 Å². The maximum atomic E-state index is 12.1. The minimum Gasteiger partial charge on any atom is -0.305 e. The Balaban J connectivity index is 1.81. The molecule has 7 heteroatoms. The minimum atomic E-state index is -0.332. The van der Waals surface area contributed by atoms with Gasteiger partial charge >= 0.3 is 0 Å². The molecule has 0 fully saturated rings. The van der Waals surface area contributed by atoms with Crippen molar-refractivity contribution in [3.63, 3.8) is 0 Å². The van der Waals surface area contributed by atoms with E-state index in [0.717, 1.165) is 16.7 Å². The van der Waals surface area contributed by atoms with Crippen LogP contribution in [0.2, 0.25) is 5.02 Å². The first-order chi connectivity index (χ1) is 11.0. The molecule has 0 atom stereocenters. The van der Waals surface area contributed by atoms with Gasteiger partial charge in [-0.2, -0.15) is 0 Å². The molecule has 1 aromatic carbocycles. The number of pyridine rings is 1. The minimum absolute atomic E-state index is 0.317. The van der Waals surface area contributed by atoms with Gasteiger partial charge in [0.15, 0.2) is 0 Å². The number of amides is 1. The number of rotatable bonds is 3. The Hall–Kier alpha value is -2.73. The normalized spacial score (nSPS) is 10.6. The van der Waals surface area contributed by atoms with Gasteiger partial charge in [-0.1, -0.05) is 28.4 Å². The lowest BCUT2D eigenvalue weighted by Crippen LogP contribution is -2.14. The molecule has 0 unspecified atom stereocenters. The molecule has 2 aromatic heterocycles. The summed E-state index contributed by atoms with van der Waals surface area (Å²) in [5.74, 6) is 0.109. The number of halogens is 1. The summed E-state index contributed by atoms with van der Waals surface area (Å²) in [6, 6.07) is 9.40. The lowest BCUT2D eigenvalue weighted by molar-refractivity contribution is 0.102. The molecule has 2 N–H and O–H groups in total. The summed E-state index contributed by atoms with van der Waals surface area (Å²) >= 11 is 6.22. The molecule has 3 rings (SSSR count). The third-order valence-corrected chi connectivity index (χ3v) is 3.72. The average Bonchev–Trinajstić information content (AvgIpc) is 2.97. The summed E-state index contributed by atoms with van der Waals surface area (Å²) < 4.78 is 0. The molecule has 0 saturated carbocycles. The van der Waals surface area contributed by atoms with Crippen LogP contribution in [0, 0.1) is 13.8 Å². The first kappa shape index (κ1) is 15.2. The Morgan fingerprint density at radius 1 is 1.22 bits per heavy atom. The van der Waals surface area contributed by atoms with Crippen LogP contribution in [0.15, 0.2) is 36.5 Å². The van der Waals surface area contributed by atoms with E-state index in [9.17, 15) is 4.79 Å². The monoisotopic (exact) mass is 327 g/mol. The third kappa shape index (κ3) is 3.22. The Labute approximate surface area is 137 Å². The van der Waals surface area contributed by atoms with Gasteiger partial charge in [0.25, 0.3) is 5.91 Å². The molecule has 23 heavy (non-hydrogen) atoms. The van der Waals surface area contributed by atoms with Crippen molar-refractivity contribution in [1.29, 1.82) is 0 Å². The highest BCUT2D eigenvalue weighted by atomic mass is 35.5. The fourth-order valence-electron chi connectivity index (χ4n) is 2.16. The number of anilines is 1. The molecule has 0 saturated heterocycles. The van der Waals surface area contributed by atoms with Crippen LogP contribution in [0.5, 0.6) is 0 Å². The standard InChI is InChI=1S/C16H14ClN5O/c1-9-3-5-13(17)12(7-9)11-4-6-14(18-8-11)19-16(23)15-10(2)20-22-21-15/h3-8H,1-2H3,(H,18,19,23)(H,20,21,22). The van der Waals surface area contributed by atoms with Crippen molar-refractivity contribution in [3.8, 4) is 11.1 Å². The SMILES string of the molecule is Cc1ccc(Cl)c(-c2ccc(NC(=O)c3[nH]nnc3C)nc2)c1. The quantitative estimate of drug-likeness (QED) is 0.772.